The highest BCUT2D eigenvalue weighted by atomic mass is 35.5. The van der Waals surface area contributed by atoms with Gasteiger partial charge in [-0.05, 0) is 42.9 Å². The number of aromatic nitrogens is 4. The predicted octanol–water partition coefficient (Wildman–Crippen LogP) is 5.26. The van der Waals surface area contributed by atoms with E-state index in [2.05, 4.69) is 33.4 Å². The van der Waals surface area contributed by atoms with E-state index in [1.165, 1.54) is 34.3 Å². The predicted molar refractivity (Wildman–Crippen MR) is 131 cm³/mol. The van der Waals surface area contributed by atoms with E-state index in [-0.39, 0.29) is 11.7 Å². The first-order valence-corrected chi connectivity index (χ1v) is 12.6. The van der Waals surface area contributed by atoms with E-state index in [4.69, 9.17) is 11.6 Å². The molecule has 1 atom stereocenters. The minimum Gasteiger partial charge on any atom is -0.316 e. The zero-order valence-corrected chi connectivity index (χ0v) is 20.1. The third-order valence-electron chi connectivity index (χ3n) is 5.63. The van der Waals surface area contributed by atoms with E-state index in [1.807, 2.05) is 18.2 Å². The van der Waals surface area contributed by atoms with Crippen LogP contribution in [-0.2, 0) is 17.6 Å². The van der Waals surface area contributed by atoms with E-state index >= 15 is 0 Å². The van der Waals surface area contributed by atoms with Crippen molar-refractivity contribution in [3.8, 4) is 11.8 Å². The lowest BCUT2D eigenvalue weighted by atomic mass is 9.89. The minimum absolute atomic E-state index is 0.160. The Morgan fingerprint density at radius 2 is 2.24 bits per heavy atom. The lowest BCUT2D eigenvalue weighted by Crippen LogP contribution is -2.14. The number of hydrogen-bond acceptors (Lipinski definition) is 7. The number of benzene rings is 1. The molecule has 0 saturated heterocycles. The highest BCUT2D eigenvalue weighted by Gasteiger charge is 2.25. The molecule has 1 aliphatic carbocycles. The first-order chi connectivity index (χ1) is 16.0. The van der Waals surface area contributed by atoms with Crippen LogP contribution in [0.3, 0.4) is 0 Å². The highest BCUT2D eigenvalue weighted by Crippen LogP contribution is 2.39. The van der Waals surface area contributed by atoms with Crippen molar-refractivity contribution in [2.45, 2.75) is 31.2 Å². The number of fused-ring (bicyclic) bond motifs is 2. The fourth-order valence-electron chi connectivity index (χ4n) is 3.99. The van der Waals surface area contributed by atoms with Gasteiger partial charge in [-0.3, -0.25) is 4.79 Å². The van der Waals surface area contributed by atoms with Crippen molar-refractivity contribution in [2.75, 3.05) is 11.1 Å². The molecule has 5 rings (SSSR count). The van der Waals surface area contributed by atoms with Crippen LogP contribution >= 0.6 is 34.7 Å². The van der Waals surface area contributed by atoms with Gasteiger partial charge in [-0.15, -0.1) is 11.3 Å². The zero-order valence-electron chi connectivity index (χ0n) is 17.7. The summed E-state index contributed by atoms with van der Waals surface area (Å²) < 4.78 is 1.67. The second-order valence-corrected chi connectivity index (χ2v) is 10.4. The summed E-state index contributed by atoms with van der Waals surface area (Å²) in [6, 6.07) is 9.69. The molecule has 1 N–H and O–H groups in total. The van der Waals surface area contributed by atoms with Crippen LogP contribution in [-0.4, -0.2) is 31.4 Å². The molecule has 3 aromatic heterocycles. The van der Waals surface area contributed by atoms with Crippen molar-refractivity contribution in [3.05, 3.63) is 57.8 Å². The molecule has 1 amide bonds. The van der Waals surface area contributed by atoms with Gasteiger partial charge in [0, 0.05) is 4.88 Å². The summed E-state index contributed by atoms with van der Waals surface area (Å²) in [6.45, 7) is 2.22. The van der Waals surface area contributed by atoms with Gasteiger partial charge < -0.3 is 5.32 Å². The number of carbonyl (C=O) groups is 1. The van der Waals surface area contributed by atoms with Gasteiger partial charge in [0.2, 0.25) is 5.91 Å². The van der Waals surface area contributed by atoms with Crippen molar-refractivity contribution in [3.63, 3.8) is 0 Å². The fourth-order valence-corrected chi connectivity index (χ4v) is 6.35. The zero-order chi connectivity index (χ0) is 22.9. The van der Waals surface area contributed by atoms with Gasteiger partial charge in [-0.1, -0.05) is 42.4 Å². The molecule has 0 saturated carbocycles. The number of thiophene rings is 1. The Labute approximate surface area is 203 Å². The number of hydrogen-bond donors (Lipinski definition) is 1. The van der Waals surface area contributed by atoms with Crippen LogP contribution in [0, 0.1) is 17.2 Å². The molecule has 3 heterocycles. The largest absolute Gasteiger partial charge is 0.316 e. The maximum Gasteiger partial charge on any atom is 0.235 e. The number of amides is 1. The quantitative estimate of drug-likeness (QED) is 0.300. The number of halogens is 1. The Morgan fingerprint density at radius 3 is 3.06 bits per heavy atom. The fraction of sp³-hybridized carbons (Fsp3) is 0.261. The van der Waals surface area contributed by atoms with Gasteiger partial charge in [0.1, 0.15) is 22.4 Å². The van der Waals surface area contributed by atoms with Gasteiger partial charge >= 0.3 is 0 Å². The lowest BCUT2D eigenvalue weighted by molar-refractivity contribution is -0.113. The third-order valence-corrected chi connectivity index (χ3v) is 8.12. The van der Waals surface area contributed by atoms with E-state index in [0.717, 1.165) is 35.9 Å². The van der Waals surface area contributed by atoms with Crippen LogP contribution in [0.2, 0.25) is 5.02 Å². The van der Waals surface area contributed by atoms with Crippen LogP contribution in [0.4, 0.5) is 5.00 Å². The SMILES string of the molecule is C[C@@H]1CCc2c(sc(NC(=O)CSc3ncnc4c3cnn4-c3ccccc3Cl)c2C#N)C1. The van der Waals surface area contributed by atoms with Crippen molar-refractivity contribution >= 4 is 56.6 Å². The topological polar surface area (TPSA) is 96.5 Å². The Morgan fingerprint density at radius 1 is 1.39 bits per heavy atom. The molecule has 1 aromatic carbocycles. The number of nitrogens with zero attached hydrogens (tertiary/aromatic N) is 5. The first kappa shape index (κ1) is 21.9. The number of rotatable bonds is 5. The lowest BCUT2D eigenvalue weighted by Gasteiger charge is -2.17. The molecule has 4 aromatic rings. The summed E-state index contributed by atoms with van der Waals surface area (Å²) >= 11 is 9.16. The number of thioether (sulfide) groups is 1. The van der Waals surface area contributed by atoms with Crippen molar-refractivity contribution < 1.29 is 4.79 Å². The Hall–Kier alpha value is -2.93. The van der Waals surface area contributed by atoms with Crippen LogP contribution in [0.5, 0.6) is 0 Å². The summed E-state index contributed by atoms with van der Waals surface area (Å²) in [5.41, 5.74) is 3.06. The van der Waals surface area contributed by atoms with E-state index in [1.54, 1.807) is 16.9 Å². The Balaban J connectivity index is 1.33. The van der Waals surface area contributed by atoms with Crippen LogP contribution in [0.1, 0.15) is 29.3 Å². The van der Waals surface area contributed by atoms with Gasteiger partial charge in [-0.25, -0.2) is 14.6 Å². The number of nitrogens with one attached hydrogen (secondary N) is 1. The molecule has 0 aliphatic heterocycles. The molecule has 1 aliphatic rings. The number of anilines is 1. The monoisotopic (exact) mass is 494 g/mol. The van der Waals surface area contributed by atoms with Gasteiger partial charge in [0.05, 0.1) is 33.6 Å². The summed E-state index contributed by atoms with van der Waals surface area (Å²) in [4.78, 5) is 22.7. The van der Waals surface area contributed by atoms with Crippen LogP contribution < -0.4 is 5.32 Å². The van der Waals surface area contributed by atoms with E-state index < -0.39 is 0 Å². The van der Waals surface area contributed by atoms with Gasteiger partial charge in [0.15, 0.2) is 5.65 Å². The van der Waals surface area contributed by atoms with Crippen molar-refractivity contribution in [1.82, 2.24) is 19.7 Å². The molecule has 0 bridgehead atoms. The second kappa shape index (κ2) is 9.14. The smallest absolute Gasteiger partial charge is 0.235 e. The molecular formula is C23H19ClN6OS2. The average molecular weight is 495 g/mol. The highest BCUT2D eigenvalue weighted by molar-refractivity contribution is 8.00. The molecular weight excluding hydrogens is 476 g/mol. The number of nitriles is 1. The normalized spacial score (nSPS) is 15.2. The summed E-state index contributed by atoms with van der Waals surface area (Å²) in [6.07, 6.45) is 6.08. The van der Waals surface area contributed by atoms with E-state index in [0.29, 0.717) is 32.2 Å². The molecule has 33 heavy (non-hydrogen) atoms. The average Bonchev–Trinajstić information content (AvgIpc) is 3.38. The molecule has 0 unspecified atom stereocenters. The Bertz CT molecular complexity index is 1410. The standard InChI is InChI=1S/C23H19ClN6OS2/c1-13-6-7-14-15(9-25)23(33-19(14)8-13)29-20(31)11-32-22-16-10-28-30(21(16)26-12-27-22)18-5-3-2-4-17(18)24/h2-5,10,12-13H,6-8,11H2,1H3,(H,29,31)/t13-/m1/s1. The maximum absolute atomic E-state index is 12.7. The summed E-state index contributed by atoms with van der Waals surface area (Å²) in [5.74, 6) is 0.592. The molecule has 166 valence electrons. The molecule has 7 nitrogen and oxygen atoms in total. The first-order valence-electron chi connectivity index (χ1n) is 10.5. The molecule has 0 spiro atoms. The van der Waals surface area contributed by atoms with Crippen LogP contribution in [0.25, 0.3) is 16.7 Å². The third kappa shape index (κ3) is 4.22. The van der Waals surface area contributed by atoms with Gasteiger partial charge in [-0.2, -0.15) is 10.4 Å². The van der Waals surface area contributed by atoms with Crippen molar-refractivity contribution in [2.24, 2.45) is 5.92 Å². The minimum atomic E-state index is -0.173. The van der Waals surface area contributed by atoms with E-state index in [9.17, 15) is 10.1 Å². The molecule has 0 fully saturated rings. The summed E-state index contributed by atoms with van der Waals surface area (Å²) in [5, 5.41) is 19.6. The van der Waals surface area contributed by atoms with Crippen molar-refractivity contribution in [1.29, 1.82) is 5.26 Å². The summed E-state index contributed by atoms with van der Waals surface area (Å²) in [7, 11) is 0. The van der Waals surface area contributed by atoms with Gasteiger partial charge in [0.25, 0.3) is 0 Å². The number of carbonyl (C=O) groups excluding carboxylic acids is 1. The molecule has 0 radical (unpaired) electrons. The van der Waals surface area contributed by atoms with Crippen LogP contribution in [0.15, 0.2) is 41.8 Å². The maximum atomic E-state index is 12.7. The number of para-hydroxylation sites is 1. The molecule has 10 heteroatoms. The second-order valence-electron chi connectivity index (χ2n) is 7.93. The Kier molecular flexibility index (Phi) is 6.06.